The van der Waals surface area contributed by atoms with E-state index in [4.69, 9.17) is 11.5 Å². The van der Waals surface area contributed by atoms with Gasteiger partial charge in [-0.1, -0.05) is 6.07 Å². The predicted molar refractivity (Wildman–Crippen MR) is 75.8 cm³/mol. The molecule has 0 unspecified atom stereocenters. The second-order valence-electron chi connectivity index (χ2n) is 5.38. The summed E-state index contributed by atoms with van der Waals surface area (Å²) in [6, 6.07) is 5.07. The molecule has 2 amide bonds. The lowest BCUT2D eigenvalue weighted by molar-refractivity contribution is -0.116. The monoisotopic (exact) mass is 263 g/mol. The normalized spacial score (nSPS) is 11.2. The van der Waals surface area contributed by atoms with Gasteiger partial charge in [0.2, 0.25) is 11.8 Å². The summed E-state index contributed by atoms with van der Waals surface area (Å²) >= 11 is 0. The Kier molecular flexibility index (Phi) is 4.67. The number of primary amides is 1. The Bertz CT molecular complexity index is 490. The molecular formula is C14H21N3O2. The molecule has 0 aliphatic rings. The summed E-state index contributed by atoms with van der Waals surface area (Å²) in [4.78, 5) is 23.0. The average molecular weight is 263 g/mol. The number of nitrogens with two attached hydrogens (primary N) is 2. The van der Waals surface area contributed by atoms with E-state index < -0.39 is 5.91 Å². The van der Waals surface area contributed by atoms with Gasteiger partial charge in [0.25, 0.3) is 0 Å². The summed E-state index contributed by atoms with van der Waals surface area (Å²) < 4.78 is 0. The van der Waals surface area contributed by atoms with Crippen LogP contribution in [0, 0.1) is 6.92 Å². The second-order valence-corrected chi connectivity index (χ2v) is 5.38. The molecule has 0 atom stereocenters. The third-order valence-electron chi connectivity index (χ3n) is 2.87. The lowest BCUT2D eigenvalue weighted by Crippen LogP contribution is -2.33. The molecule has 1 aromatic carbocycles. The lowest BCUT2D eigenvalue weighted by atomic mass is 10.00. The van der Waals surface area contributed by atoms with E-state index in [2.05, 4.69) is 5.32 Å². The van der Waals surface area contributed by atoms with Crippen molar-refractivity contribution in [2.75, 3.05) is 5.32 Å². The van der Waals surface area contributed by atoms with Crippen molar-refractivity contribution in [1.82, 2.24) is 0 Å². The predicted octanol–water partition coefficient (Wildman–Crippen LogP) is 1.55. The third kappa shape index (κ3) is 4.71. The number of hydrogen-bond acceptors (Lipinski definition) is 3. The second kappa shape index (κ2) is 5.84. The highest BCUT2D eigenvalue weighted by molar-refractivity contribution is 5.98. The van der Waals surface area contributed by atoms with Gasteiger partial charge in [0.05, 0.1) is 0 Å². The van der Waals surface area contributed by atoms with Crippen molar-refractivity contribution >= 4 is 17.5 Å². The van der Waals surface area contributed by atoms with Gasteiger partial charge in [-0.3, -0.25) is 9.59 Å². The number of anilines is 1. The van der Waals surface area contributed by atoms with Gasteiger partial charge >= 0.3 is 0 Å². The lowest BCUT2D eigenvalue weighted by Gasteiger charge is -2.18. The van der Waals surface area contributed by atoms with Gasteiger partial charge in [-0.05, 0) is 44.9 Å². The summed E-state index contributed by atoms with van der Waals surface area (Å²) in [6.07, 6.45) is 0.928. The van der Waals surface area contributed by atoms with E-state index in [9.17, 15) is 9.59 Å². The van der Waals surface area contributed by atoms with Crippen molar-refractivity contribution in [3.63, 3.8) is 0 Å². The molecule has 0 heterocycles. The van der Waals surface area contributed by atoms with Crippen LogP contribution in [0.3, 0.4) is 0 Å². The first-order valence-electron chi connectivity index (χ1n) is 6.19. The number of rotatable bonds is 5. The van der Waals surface area contributed by atoms with E-state index in [1.54, 1.807) is 25.1 Å². The maximum atomic E-state index is 11.8. The Morgan fingerprint density at radius 3 is 2.47 bits per heavy atom. The zero-order chi connectivity index (χ0) is 14.6. The van der Waals surface area contributed by atoms with E-state index in [1.165, 1.54) is 0 Å². The van der Waals surface area contributed by atoms with Crippen LogP contribution in [0.15, 0.2) is 18.2 Å². The molecule has 1 rings (SSSR count). The van der Waals surface area contributed by atoms with Crippen LogP contribution in [0.4, 0.5) is 5.69 Å². The zero-order valence-electron chi connectivity index (χ0n) is 11.6. The minimum atomic E-state index is -0.503. The number of carbonyl (C=O) groups excluding carboxylic acids is 2. The fraction of sp³-hybridized carbons (Fsp3) is 0.429. The molecule has 104 valence electrons. The first-order valence-corrected chi connectivity index (χ1v) is 6.19. The van der Waals surface area contributed by atoms with Crippen molar-refractivity contribution in [3.8, 4) is 0 Å². The molecule has 5 heteroatoms. The van der Waals surface area contributed by atoms with E-state index in [-0.39, 0.29) is 11.4 Å². The number of benzene rings is 1. The summed E-state index contributed by atoms with van der Waals surface area (Å²) in [7, 11) is 0. The van der Waals surface area contributed by atoms with E-state index >= 15 is 0 Å². The molecule has 0 saturated carbocycles. The molecule has 0 radical (unpaired) electrons. The Morgan fingerprint density at radius 1 is 1.32 bits per heavy atom. The minimum absolute atomic E-state index is 0.122. The Morgan fingerprint density at radius 2 is 1.95 bits per heavy atom. The fourth-order valence-corrected chi connectivity index (χ4v) is 1.69. The van der Waals surface area contributed by atoms with Gasteiger partial charge in [-0.2, -0.15) is 0 Å². The smallest absolute Gasteiger partial charge is 0.249 e. The Labute approximate surface area is 113 Å². The van der Waals surface area contributed by atoms with Crippen LogP contribution in [-0.2, 0) is 4.79 Å². The average Bonchev–Trinajstić information content (AvgIpc) is 2.28. The standard InChI is InChI=1S/C14H21N3O2/c1-9-10(13(15)19)5-4-6-11(9)17-12(18)7-8-14(2,3)16/h4-6H,7-8,16H2,1-3H3,(H2,15,19)(H,17,18). The number of amides is 2. The van der Waals surface area contributed by atoms with E-state index in [0.29, 0.717) is 29.7 Å². The van der Waals surface area contributed by atoms with Crippen molar-refractivity contribution in [3.05, 3.63) is 29.3 Å². The molecule has 0 aliphatic carbocycles. The Balaban J connectivity index is 2.75. The molecule has 0 spiro atoms. The molecule has 5 nitrogen and oxygen atoms in total. The molecule has 0 fully saturated rings. The van der Waals surface area contributed by atoms with Crippen LogP contribution >= 0.6 is 0 Å². The molecule has 0 aliphatic heterocycles. The van der Waals surface area contributed by atoms with Crippen LogP contribution in [-0.4, -0.2) is 17.4 Å². The van der Waals surface area contributed by atoms with Crippen molar-refractivity contribution in [1.29, 1.82) is 0 Å². The van der Waals surface area contributed by atoms with Crippen LogP contribution in [0.1, 0.15) is 42.6 Å². The van der Waals surface area contributed by atoms with E-state index in [0.717, 1.165) is 0 Å². The number of nitrogens with one attached hydrogen (secondary N) is 1. The van der Waals surface area contributed by atoms with Crippen LogP contribution < -0.4 is 16.8 Å². The highest BCUT2D eigenvalue weighted by atomic mass is 16.2. The Hall–Kier alpha value is -1.88. The molecule has 0 saturated heterocycles. The van der Waals surface area contributed by atoms with Gasteiger partial charge in [-0.15, -0.1) is 0 Å². The van der Waals surface area contributed by atoms with E-state index in [1.807, 2.05) is 13.8 Å². The summed E-state index contributed by atoms with van der Waals surface area (Å²) in [5.74, 6) is -0.625. The largest absolute Gasteiger partial charge is 0.366 e. The van der Waals surface area contributed by atoms with Crippen molar-refractivity contribution in [2.24, 2.45) is 11.5 Å². The van der Waals surface area contributed by atoms with Crippen LogP contribution in [0.2, 0.25) is 0 Å². The topological polar surface area (TPSA) is 98.2 Å². The minimum Gasteiger partial charge on any atom is -0.366 e. The zero-order valence-corrected chi connectivity index (χ0v) is 11.6. The van der Waals surface area contributed by atoms with Crippen molar-refractivity contribution in [2.45, 2.75) is 39.2 Å². The molecule has 0 aromatic heterocycles. The SMILES string of the molecule is Cc1c(NC(=O)CCC(C)(C)N)cccc1C(N)=O. The van der Waals surface area contributed by atoms with Gasteiger partial charge in [0.15, 0.2) is 0 Å². The van der Waals surface area contributed by atoms with Gasteiger partial charge < -0.3 is 16.8 Å². The number of carbonyl (C=O) groups is 2. The van der Waals surface area contributed by atoms with Crippen LogP contribution in [0.5, 0.6) is 0 Å². The van der Waals surface area contributed by atoms with Crippen LogP contribution in [0.25, 0.3) is 0 Å². The highest BCUT2D eigenvalue weighted by Crippen LogP contribution is 2.19. The molecule has 5 N–H and O–H groups in total. The first kappa shape index (κ1) is 15.2. The summed E-state index contributed by atoms with van der Waals surface area (Å²) in [5.41, 5.74) is 12.4. The summed E-state index contributed by atoms with van der Waals surface area (Å²) in [5, 5.41) is 2.78. The quantitative estimate of drug-likeness (QED) is 0.751. The van der Waals surface area contributed by atoms with Gasteiger partial charge in [0, 0.05) is 23.2 Å². The summed E-state index contributed by atoms with van der Waals surface area (Å²) in [6.45, 7) is 5.50. The van der Waals surface area contributed by atoms with Gasteiger partial charge in [0.1, 0.15) is 0 Å². The molecular weight excluding hydrogens is 242 g/mol. The third-order valence-corrected chi connectivity index (χ3v) is 2.87. The highest BCUT2D eigenvalue weighted by Gasteiger charge is 2.15. The molecule has 1 aromatic rings. The number of hydrogen-bond donors (Lipinski definition) is 3. The maximum absolute atomic E-state index is 11.8. The maximum Gasteiger partial charge on any atom is 0.249 e. The molecule has 0 bridgehead atoms. The fourth-order valence-electron chi connectivity index (χ4n) is 1.69. The first-order chi connectivity index (χ1) is 8.70. The van der Waals surface area contributed by atoms with Crippen molar-refractivity contribution < 1.29 is 9.59 Å². The molecule has 19 heavy (non-hydrogen) atoms. The van der Waals surface area contributed by atoms with Gasteiger partial charge in [-0.25, -0.2) is 0 Å².